The maximum absolute atomic E-state index is 9.45. The SMILES string of the molecule is BrCCCBr.C#CCN(C)Cc1cc2cc(O)ccc2n1C.C#CCN(C)Cc1cc2cc(OCCCBr)ccc2n1C. The van der Waals surface area contributed by atoms with Crippen LogP contribution in [0.5, 0.6) is 11.5 Å². The molecule has 232 valence electrons. The molecule has 0 amide bonds. The lowest BCUT2D eigenvalue weighted by Crippen LogP contribution is -2.19. The Hall–Kier alpha value is -2.40. The van der Waals surface area contributed by atoms with Gasteiger partial charge in [-0.25, -0.2) is 0 Å². The van der Waals surface area contributed by atoms with Crippen molar-refractivity contribution in [2.24, 2.45) is 14.1 Å². The quantitative estimate of drug-likeness (QED) is 0.0919. The van der Waals surface area contributed by atoms with Crippen LogP contribution in [0.3, 0.4) is 0 Å². The molecule has 0 radical (unpaired) electrons. The van der Waals surface area contributed by atoms with Gasteiger partial charge in [0.15, 0.2) is 0 Å². The lowest BCUT2D eigenvalue weighted by atomic mass is 10.2. The maximum Gasteiger partial charge on any atom is 0.120 e. The fourth-order valence-corrected chi connectivity index (χ4v) is 5.99. The number of phenolic OH excluding ortho intramolecular Hbond substituents is 1. The molecule has 0 saturated heterocycles. The van der Waals surface area contributed by atoms with Gasteiger partial charge in [0.1, 0.15) is 11.5 Å². The number of phenols is 1. The fraction of sp³-hybridized carbons (Fsp3) is 0.412. The molecule has 2 aromatic carbocycles. The van der Waals surface area contributed by atoms with Crippen LogP contribution >= 0.6 is 47.8 Å². The van der Waals surface area contributed by atoms with E-state index in [0.717, 1.165) is 58.8 Å². The zero-order valence-electron chi connectivity index (χ0n) is 25.6. The van der Waals surface area contributed by atoms with Crippen molar-refractivity contribution in [3.05, 3.63) is 59.9 Å². The minimum atomic E-state index is 0.298. The van der Waals surface area contributed by atoms with Crippen molar-refractivity contribution in [2.75, 3.05) is 49.8 Å². The van der Waals surface area contributed by atoms with Crippen LogP contribution in [0.2, 0.25) is 0 Å². The first-order valence-electron chi connectivity index (χ1n) is 14.1. The molecule has 43 heavy (non-hydrogen) atoms. The van der Waals surface area contributed by atoms with E-state index in [1.165, 1.54) is 28.7 Å². The second-order valence-electron chi connectivity index (χ2n) is 10.2. The molecule has 9 heteroatoms. The second-order valence-corrected chi connectivity index (χ2v) is 12.6. The third kappa shape index (κ3) is 11.9. The predicted octanol–water partition coefficient (Wildman–Crippen LogP) is 7.52. The minimum Gasteiger partial charge on any atom is -0.508 e. The molecular formula is C34H43Br3N4O2. The molecule has 4 rings (SSSR count). The third-order valence-corrected chi connectivity index (χ3v) is 8.32. The van der Waals surface area contributed by atoms with Crippen molar-refractivity contribution >= 4 is 69.6 Å². The Kier molecular flexibility index (Phi) is 16.9. The van der Waals surface area contributed by atoms with Gasteiger partial charge in [0, 0.05) is 76.4 Å². The summed E-state index contributed by atoms with van der Waals surface area (Å²) in [5, 5.41) is 14.9. The first-order valence-corrected chi connectivity index (χ1v) is 17.5. The van der Waals surface area contributed by atoms with Gasteiger partial charge in [-0.15, -0.1) is 12.8 Å². The highest BCUT2D eigenvalue weighted by Gasteiger charge is 2.10. The number of hydrogen-bond acceptors (Lipinski definition) is 4. The van der Waals surface area contributed by atoms with Crippen LogP contribution in [0.25, 0.3) is 21.8 Å². The van der Waals surface area contributed by atoms with Crippen LogP contribution < -0.4 is 4.74 Å². The van der Waals surface area contributed by atoms with Crippen molar-refractivity contribution in [1.29, 1.82) is 0 Å². The number of benzene rings is 2. The summed E-state index contributed by atoms with van der Waals surface area (Å²) in [5.74, 6) is 6.52. The average Bonchev–Trinajstić information content (AvgIpc) is 3.44. The zero-order valence-corrected chi connectivity index (χ0v) is 30.4. The number of terminal acetylenes is 2. The minimum absolute atomic E-state index is 0.298. The molecule has 0 fully saturated rings. The molecule has 2 heterocycles. The molecule has 2 aromatic heterocycles. The van der Waals surface area contributed by atoms with Crippen molar-refractivity contribution in [1.82, 2.24) is 18.9 Å². The number of halogens is 3. The van der Waals surface area contributed by atoms with E-state index in [-0.39, 0.29) is 0 Å². The van der Waals surface area contributed by atoms with Gasteiger partial charge < -0.3 is 19.0 Å². The second kappa shape index (κ2) is 19.8. The number of hydrogen-bond donors (Lipinski definition) is 1. The van der Waals surface area contributed by atoms with Gasteiger partial charge in [0.2, 0.25) is 0 Å². The Morgan fingerprint density at radius 3 is 1.70 bits per heavy atom. The number of aromatic nitrogens is 2. The van der Waals surface area contributed by atoms with E-state index < -0.39 is 0 Å². The van der Waals surface area contributed by atoms with Gasteiger partial charge in [0.25, 0.3) is 0 Å². The Balaban J connectivity index is 0.000000264. The monoisotopic (exact) mass is 776 g/mol. The van der Waals surface area contributed by atoms with Gasteiger partial charge >= 0.3 is 0 Å². The van der Waals surface area contributed by atoms with E-state index in [0.29, 0.717) is 18.8 Å². The zero-order chi connectivity index (χ0) is 31.8. The third-order valence-electron chi connectivity index (χ3n) is 6.64. The predicted molar refractivity (Wildman–Crippen MR) is 194 cm³/mol. The molecule has 4 aromatic rings. The van der Waals surface area contributed by atoms with Crippen LogP contribution in [0.15, 0.2) is 48.5 Å². The standard InChI is InChI=1S/C17H21BrN2O.C14H16N2O.C3H6Br2/c1-4-9-19(2)13-15-11-14-12-16(21-10-5-8-18)6-7-17(14)20(15)3;1-4-7-15(2)10-12-8-11-9-13(17)5-6-14(11)16(12)3;4-2-1-3-5/h1,6-7,11-12H,5,8-10,13H2,2-3H3;1,5-6,8-9,17H,7,10H2,2-3H3;1-3H2. The summed E-state index contributed by atoms with van der Waals surface area (Å²) in [6.45, 7) is 3.67. The van der Waals surface area contributed by atoms with Gasteiger partial charge in [-0.05, 0) is 75.5 Å². The summed E-state index contributed by atoms with van der Waals surface area (Å²) in [7, 11) is 8.15. The maximum atomic E-state index is 9.45. The molecule has 0 unspecified atom stereocenters. The summed E-state index contributed by atoms with van der Waals surface area (Å²) in [5.41, 5.74) is 4.77. The number of aryl methyl sites for hydroxylation is 2. The summed E-state index contributed by atoms with van der Waals surface area (Å²) in [6.07, 6.45) is 12.9. The Morgan fingerprint density at radius 2 is 1.23 bits per heavy atom. The molecule has 0 saturated carbocycles. The van der Waals surface area contributed by atoms with Crippen LogP contribution in [0.4, 0.5) is 0 Å². The summed E-state index contributed by atoms with van der Waals surface area (Å²) >= 11 is 9.97. The van der Waals surface area contributed by atoms with Crippen LogP contribution in [0, 0.1) is 24.7 Å². The van der Waals surface area contributed by atoms with Crippen molar-refractivity contribution in [3.8, 4) is 36.2 Å². The molecule has 0 atom stereocenters. The molecule has 6 nitrogen and oxygen atoms in total. The Bertz CT molecular complexity index is 1500. The average molecular weight is 779 g/mol. The summed E-state index contributed by atoms with van der Waals surface area (Å²) in [4.78, 5) is 4.20. The number of fused-ring (bicyclic) bond motifs is 2. The van der Waals surface area contributed by atoms with E-state index in [1.807, 2.05) is 33.3 Å². The Labute approximate surface area is 282 Å². The Morgan fingerprint density at radius 1 is 0.744 bits per heavy atom. The van der Waals surface area contributed by atoms with E-state index in [1.54, 1.807) is 12.1 Å². The summed E-state index contributed by atoms with van der Waals surface area (Å²) < 4.78 is 10.1. The molecule has 0 aliphatic rings. The molecule has 0 aliphatic heterocycles. The van der Waals surface area contributed by atoms with Gasteiger partial charge in [0.05, 0.1) is 19.7 Å². The van der Waals surface area contributed by atoms with Gasteiger partial charge in [-0.3, -0.25) is 9.80 Å². The lowest BCUT2D eigenvalue weighted by molar-refractivity contribution is 0.319. The highest BCUT2D eigenvalue weighted by molar-refractivity contribution is 9.09. The van der Waals surface area contributed by atoms with Crippen molar-refractivity contribution in [3.63, 3.8) is 0 Å². The number of ether oxygens (including phenoxy) is 1. The normalized spacial score (nSPS) is 10.7. The molecule has 0 bridgehead atoms. The highest BCUT2D eigenvalue weighted by Crippen LogP contribution is 2.25. The van der Waals surface area contributed by atoms with Gasteiger partial charge in [-0.1, -0.05) is 59.6 Å². The molecule has 0 spiro atoms. The molecule has 1 N–H and O–H groups in total. The van der Waals surface area contributed by atoms with E-state index in [4.69, 9.17) is 17.6 Å². The lowest BCUT2D eigenvalue weighted by Gasteiger charge is -2.13. The first kappa shape index (κ1) is 36.8. The van der Waals surface area contributed by atoms with Crippen LogP contribution in [0.1, 0.15) is 24.2 Å². The number of aromatic hydroxyl groups is 1. The van der Waals surface area contributed by atoms with Crippen LogP contribution in [-0.2, 0) is 27.2 Å². The largest absolute Gasteiger partial charge is 0.508 e. The van der Waals surface area contributed by atoms with E-state index in [2.05, 4.69) is 110 Å². The van der Waals surface area contributed by atoms with E-state index >= 15 is 0 Å². The van der Waals surface area contributed by atoms with Crippen molar-refractivity contribution in [2.45, 2.75) is 25.9 Å². The number of rotatable bonds is 12. The smallest absolute Gasteiger partial charge is 0.120 e. The number of alkyl halides is 3. The summed E-state index contributed by atoms with van der Waals surface area (Å²) in [6, 6.07) is 16.0. The van der Waals surface area contributed by atoms with Gasteiger partial charge in [-0.2, -0.15) is 0 Å². The first-order chi connectivity index (χ1) is 20.7. The number of nitrogens with zero attached hydrogens (tertiary/aromatic N) is 4. The van der Waals surface area contributed by atoms with E-state index in [9.17, 15) is 5.11 Å². The van der Waals surface area contributed by atoms with Crippen LogP contribution in [-0.4, -0.2) is 73.8 Å². The molecule has 0 aliphatic carbocycles. The topological polar surface area (TPSA) is 45.8 Å². The fourth-order valence-electron chi connectivity index (χ4n) is 4.44. The van der Waals surface area contributed by atoms with Crippen molar-refractivity contribution < 1.29 is 9.84 Å². The highest BCUT2D eigenvalue weighted by atomic mass is 79.9. The molecular weight excluding hydrogens is 736 g/mol.